The van der Waals surface area contributed by atoms with Gasteiger partial charge < -0.3 is 4.74 Å². The Morgan fingerprint density at radius 2 is 1.91 bits per heavy atom. The van der Waals surface area contributed by atoms with Crippen molar-refractivity contribution in [1.29, 1.82) is 0 Å². The number of hydrogen-bond donors (Lipinski definition) is 0. The van der Waals surface area contributed by atoms with Gasteiger partial charge in [0.2, 0.25) is 0 Å². The van der Waals surface area contributed by atoms with Crippen LogP contribution in [0, 0.1) is 0 Å². The van der Waals surface area contributed by atoms with E-state index in [1.807, 2.05) is 6.92 Å². The van der Waals surface area contributed by atoms with Gasteiger partial charge >= 0.3 is 11.9 Å². The Hall–Kier alpha value is -1.12. The van der Waals surface area contributed by atoms with E-state index < -0.39 is 11.9 Å². The van der Waals surface area contributed by atoms with E-state index in [9.17, 15) is 9.59 Å². The van der Waals surface area contributed by atoms with Crippen molar-refractivity contribution in [3.05, 3.63) is 11.1 Å². The van der Waals surface area contributed by atoms with Crippen LogP contribution in [-0.2, 0) is 14.3 Å². The Labute approximate surface area is 65.0 Å². The molecule has 1 rings (SSSR count). The summed E-state index contributed by atoms with van der Waals surface area (Å²) < 4.78 is 4.18. The quantitative estimate of drug-likeness (QED) is 0.259. The summed E-state index contributed by atoms with van der Waals surface area (Å²) in [4.78, 5) is 21.3. The lowest BCUT2D eigenvalue weighted by Gasteiger charge is -2.16. The number of carbonyl (C=O) groups is 2. The van der Waals surface area contributed by atoms with E-state index in [2.05, 4.69) is 4.74 Å². The first kappa shape index (κ1) is 7.98. The highest BCUT2D eigenvalue weighted by Gasteiger charge is 2.35. The Kier molecular flexibility index (Phi) is 2.08. The van der Waals surface area contributed by atoms with Crippen LogP contribution in [0.25, 0.3) is 0 Å². The Bertz CT molecular complexity index is 222. The fourth-order valence-electron chi connectivity index (χ4n) is 1.07. The first-order chi connectivity index (χ1) is 5.16. The predicted molar refractivity (Wildman–Crippen MR) is 38.7 cm³/mol. The maximum absolute atomic E-state index is 10.7. The van der Waals surface area contributed by atoms with Crippen molar-refractivity contribution >= 4 is 11.9 Å². The zero-order valence-electron chi connectivity index (χ0n) is 6.64. The molecule has 0 N–H and O–H groups in total. The maximum Gasteiger partial charge on any atom is 0.353 e. The van der Waals surface area contributed by atoms with Crippen LogP contribution in [0.2, 0.25) is 0 Å². The third-order valence-corrected chi connectivity index (χ3v) is 1.65. The molecule has 11 heavy (non-hydrogen) atoms. The van der Waals surface area contributed by atoms with Crippen LogP contribution < -0.4 is 0 Å². The van der Waals surface area contributed by atoms with E-state index in [0.29, 0.717) is 0 Å². The van der Waals surface area contributed by atoms with E-state index in [-0.39, 0.29) is 5.57 Å². The highest BCUT2D eigenvalue weighted by Crippen LogP contribution is 2.20. The lowest BCUT2D eigenvalue weighted by atomic mass is 10.0. The van der Waals surface area contributed by atoms with Crippen LogP contribution in [-0.4, -0.2) is 11.9 Å². The Morgan fingerprint density at radius 3 is 2.27 bits per heavy atom. The highest BCUT2D eigenvalue weighted by atomic mass is 16.6. The smallest absolute Gasteiger partial charge is 0.353 e. The molecule has 0 radical (unpaired) electrons. The second-order valence-electron chi connectivity index (χ2n) is 2.58. The molecule has 1 aliphatic rings. The van der Waals surface area contributed by atoms with Gasteiger partial charge in [-0.3, -0.25) is 0 Å². The topological polar surface area (TPSA) is 43.4 Å². The highest BCUT2D eigenvalue weighted by molar-refractivity contribution is 6.27. The molecule has 1 heterocycles. The first-order valence-corrected chi connectivity index (χ1v) is 3.63. The van der Waals surface area contributed by atoms with Crippen LogP contribution in [0.3, 0.4) is 0 Å². The third kappa shape index (κ3) is 1.31. The molecule has 0 bridgehead atoms. The number of cyclic esters (lactones) is 2. The normalized spacial score (nSPS) is 16.0. The summed E-state index contributed by atoms with van der Waals surface area (Å²) in [6.07, 6.45) is 1.73. The molecule has 0 amide bonds. The van der Waals surface area contributed by atoms with Gasteiger partial charge in [-0.1, -0.05) is 18.9 Å². The molecule has 3 heteroatoms. The van der Waals surface area contributed by atoms with Gasteiger partial charge in [0.25, 0.3) is 0 Å². The monoisotopic (exact) mass is 154 g/mol. The predicted octanol–water partition coefficient (Wildman–Crippen LogP) is 1.19. The summed E-state index contributed by atoms with van der Waals surface area (Å²) in [6.45, 7) is 3.79. The minimum atomic E-state index is -0.471. The second kappa shape index (κ2) is 2.86. The molecule has 1 fully saturated rings. The van der Waals surface area contributed by atoms with Crippen molar-refractivity contribution in [2.24, 2.45) is 0 Å². The molecule has 60 valence electrons. The number of ether oxygens (including phenoxy) is 1. The molecule has 0 spiro atoms. The van der Waals surface area contributed by atoms with Gasteiger partial charge in [0.05, 0.1) is 0 Å². The van der Waals surface area contributed by atoms with Gasteiger partial charge in [0, 0.05) is 0 Å². The molecular formula is C8H10O3. The molecule has 1 saturated heterocycles. The number of carbonyl (C=O) groups excluding carboxylic acids is 2. The molecule has 1 aliphatic heterocycles. The summed E-state index contributed by atoms with van der Waals surface area (Å²) in [5.41, 5.74) is 1.10. The molecule has 0 aromatic carbocycles. The minimum Gasteiger partial charge on any atom is -0.385 e. The Balaban J connectivity index is 2.77. The van der Waals surface area contributed by atoms with Gasteiger partial charge in [-0.25, -0.2) is 9.59 Å². The van der Waals surface area contributed by atoms with Crippen LogP contribution in [0.15, 0.2) is 11.1 Å². The average molecular weight is 154 g/mol. The molecule has 0 saturated carbocycles. The van der Waals surface area contributed by atoms with Crippen molar-refractivity contribution in [3.63, 3.8) is 0 Å². The second-order valence-corrected chi connectivity index (χ2v) is 2.58. The van der Waals surface area contributed by atoms with Crippen LogP contribution in [0.1, 0.15) is 26.7 Å². The number of hydrogen-bond acceptors (Lipinski definition) is 3. The molecule has 0 aromatic heterocycles. The largest absolute Gasteiger partial charge is 0.385 e. The summed E-state index contributed by atoms with van der Waals surface area (Å²) in [7, 11) is 0. The number of rotatable bonds is 2. The average Bonchev–Trinajstić information content (AvgIpc) is 1.87. The van der Waals surface area contributed by atoms with Crippen molar-refractivity contribution in [3.8, 4) is 0 Å². The minimum absolute atomic E-state index is 0.256. The summed E-state index contributed by atoms with van der Waals surface area (Å²) >= 11 is 0. The molecule has 0 aromatic rings. The molecule has 0 aliphatic carbocycles. The molecule has 0 atom stereocenters. The van der Waals surface area contributed by atoms with Gasteiger partial charge in [0.1, 0.15) is 5.57 Å². The van der Waals surface area contributed by atoms with E-state index in [1.165, 1.54) is 0 Å². The SMILES string of the molecule is CCCC(C)=C1C(=O)OC1=O. The van der Waals surface area contributed by atoms with Crippen LogP contribution in [0.5, 0.6) is 0 Å². The molecule has 3 nitrogen and oxygen atoms in total. The zero-order chi connectivity index (χ0) is 8.43. The van der Waals surface area contributed by atoms with Crippen LogP contribution in [0.4, 0.5) is 0 Å². The Morgan fingerprint density at radius 1 is 1.36 bits per heavy atom. The summed E-state index contributed by atoms with van der Waals surface area (Å²) in [6, 6.07) is 0. The van der Waals surface area contributed by atoms with E-state index in [0.717, 1.165) is 18.4 Å². The van der Waals surface area contributed by atoms with Gasteiger partial charge in [-0.2, -0.15) is 0 Å². The van der Waals surface area contributed by atoms with Gasteiger partial charge in [0.15, 0.2) is 0 Å². The van der Waals surface area contributed by atoms with Crippen LogP contribution >= 0.6 is 0 Å². The third-order valence-electron chi connectivity index (χ3n) is 1.65. The van der Waals surface area contributed by atoms with Crippen molar-refractivity contribution in [2.75, 3.05) is 0 Å². The van der Waals surface area contributed by atoms with Gasteiger partial charge in [-0.15, -0.1) is 0 Å². The fourth-order valence-corrected chi connectivity index (χ4v) is 1.07. The number of esters is 2. The lowest BCUT2D eigenvalue weighted by molar-refractivity contribution is -0.165. The lowest BCUT2D eigenvalue weighted by Crippen LogP contribution is -2.32. The summed E-state index contributed by atoms with van der Waals surface area (Å²) in [5, 5.41) is 0. The standard InChI is InChI=1S/C8H10O3/c1-3-4-5(2)6-7(9)11-8(6)10/h3-4H2,1-2H3. The molecular weight excluding hydrogens is 144 g/mol. The maximum atomic E-state index is 10.7. The number of allylic oxidation sites excluding steroid dienone is 1. The zero-order valence-corrected chi connectivity index (χ0v) is 6.64. The fraction of sp³-hybridized carbons (Fsp3) is 0.500. The van der Waals surface area contributed by atoms with Crippen molar-refractivity contribution in [2.45, 2.75) is 26.7 Å². The van der Waals surface area contributed by atoms with E-state index >= 15 is 0 Å². The summed E-state index contributed by atoms with van der Waals surface area (Å²) in [5.74, 6) is -0.943. The van der Waals surface area contributed by atoms with Crippen molar-refractivity contribution < 1.29 is 14.3 Å². The van der Waals surface area contributed by atoms with Crippen molar-refractivity contribution in [1.82, 2.24) is 0 Å². The van der Waals surface area contributed by atoms with E-state index in [1.54, 1.807) is 6.92 Å². The first-order valence-electron chi connectivity index (χ1n) is 3.63. The van der Waals surface area contributed by atoms with E-state index in [4.69, 9.17) is 0 Å². The van der Waals surface area contributed by atoms with Gasteiger partial charge in [-0.05, 0) is 13.3 Å². The molecule has 0 unspecified atom stereocenters.